The predicted octanol–water partition coefficient (Wildman–Crippen LogP) is 3.28. The van der Waals surface area contributed by atoms with Crippen LogP contribution in [0.1, 0.15) is 25.0 Å². The van der Waals surface area contributed by atoms with E-state index >= 15 is 0 Å². The maximum Gasteiger partial charge on any atom is 0.122 e. The molecule has 0 saturated carbocycles. The van der Waals surface area contributed by atoms with E-state index in [0.717, 1.165) is 28.4 Å². The molecule has 0 atom stereocenters. The third kappa shape index (κ3) is 1.81. The summed E-state index contributed by atoms with van der Waals surface area (Å²) in [5.74, 6) is 0.461. The largest absolute Gasteiger partial charge is 0.507 e. The highest BCUT2D eigenvalue weighted by atomic mass is 79.9. The van der Waals surface area contributed by atoms with Gasteiger partial charge in [-0.1, -0.05) is 29.8 Å². The van der Waals surface area contributed by atoms with Crippen molar-refractivity contribution in [2.45, 2.75) is 26.7 Å². The smallest absolute Gasteiger partial charge is 0.122 e. The number of phenols is 1. The molecule has 0 aliphatic carbocycles. The molecular weight excluding hydrogens is 216 g/mol. The lowest BCUT2D eigenvalue weighted by Gasteiger charge is -2.07. The van der Waals surface area contributed by atoms with E-state index < -0.39 is 0 Å². The van der Waals surface area contributed by atoms with Crippen molar-refractivity contribution in [1.29, 1.82) is 0 Å². The van der Waals surface area contributed by atoms with Gasteiger partial charge >= 0.3 is 0 Å². The van der Waals surface area contributed by atoms with Crippen LogP contribution >= 0.6 is 15.9 Å². The van der Waals surface area contributed by atoms with Crippen LogP contribution < -0.4 is 0 Å². The molecule has 12 heavy (non-hydrogen) atoms. The molecule has 0 unspecified atom stereocenters. The number of aryl methyl sites for hydroxylation is 2. The molecule has 0 saturated heterocycles. The molecule has 0 heterocycles. The molecule has 0 spiro atoms. The van der Waals surface area contributed by atoms with E-state index in [1.54, 1.807) is 0 Å². The fourth-order valence-electron chi connectivity index (χ4n) is 1.26. The van der Waals surface area contributed by atoms with Crippen molar-refractivity contribution in [2.75, 3.05) is 0 Å². The Hall–Kier alpha value is -0.500. The van der Waals surface area contributed by atoms with Gasteiger partial charge in [0.05, 0.1) is 0 Å². The molecule has 0 aliphatic heterocycles. The molecule has 0 radical (unpaired) electrons. The minimum absolute atomic E-state index is 0.461. The van der Waals surface area contributed by atoms with Gasteiger partial charge in [-0.3, -0.25) is 0 Å². The Morgan fingerprint density at radius 2 is 1.58 bits per heavy atom. The van der Waals surface area contributed by atoms with E-state index in [4.69, 9.17) is 0 Å². The molecule has 1 N–H and O–H groups in total. The van der Waals surface area contributed by atoms with Crippen molar-refractivity contribution in [3.05, 3.63) is 27.7 Å². The minimum atomic E-state index is 0.461. The van der Waals surface area contributed by atoms with Crippen molar-refractivity contribution >= 4 is 15.9 Å². The zero-order valence-electron chi connectivity index (χ0n) is 7.39. The standard InChI is InChI=1S/C10H13BrO/c1-3-7-5-9(11)6-8(4-2)10(7)12/h5-6,12H,3-4H2,1-2H3. The van der Waals surface area contributed by atoms with E-state index in [-0.39, 0.29) is 0 Å². The highest BCUT2D eigenvalue weighted by Crippen LogP contribution is 2.27. The molecule has 1 rings (SSSR count). The summed E-state index contributed by atoms with van der Waals surface area (Å²) in [5.41, 5.74) is 2.03. The third-order valence-corrected chi connectivity index (χ3v) is 2.45. The molecule has 0 fully saturated rings. The SMILES string of the molecule is CCc1cc(Br)cc(CC)c1O. The quantitative estimate of drug-likeness (QED) is 0.824. The first-order chi connectivity index (χ1) is 5.69. The second-order valence-electron chi connectivity index (χ2n) is 2.78. The molecule has 66 valence electrons. The fraction of sp³-hybridized carbons (Fsp3) is 0.400. The molecule has 0 aromatic heterocycles. The van der Waals surface area contributed by atoms with Gasteiger partial charge in [-0.25, -0.2) is 0 Å². The van der Waals surface area contributed by atoms with Crippen LogP contribution in [0.4, 0.5) is 0 Å². The average molecular weight is 229 g/mol. The van der Waals surface area contributed by atoms with Crippen molar-refractivity contribution in [2.24, 2.45) is 0 Å². The summed E-state index contributed by atoms with van der Waals surface area (Å²) < 4.78 is 1.05. The van der Waals surface area contributed by atoms with Crippen LogP contribution in [0, 0.1) is 0 Å². The maximum atomic E-state index is 9.69. The van der Waals surface area contributed by atoms with E-state index in [1.807, 2.05) is 26.0 Å². The number of halogens is 1. The van der Waals surface area contributed by atoms with Crippen molar-refractivity contribution in [3.8, 4) is 5.75 Å². The first-order valence-electron chi connectivity index (χ1n) is 4.19. The predicted molar refractivity (Wildman–Crippen MR) is 54.6 cm³/mol. The lowest BCUT2D eigenvalue weighted by Crippen LogP contribution is -1.88. The third-order valence-electron chi connectivity index (χ3n) is 1.99. The summed E-state index contributed by atoms with van der Waals surface area (Å²) in [6.07, 6.45) is 1.75. The molecule has 1 aromatic rings. The molecule has 0 aliphatic rings. The molecule has 0 amide bonds. The number of hydrogen-bond acceptors (Lipinski definition) is 1. The van der Waals surface area contributed by atoms with Gasteiger partial charge in [0.2, 0.25) is 0 Å². The van der Waals surface area contributed by atoms with E-state index in [0.29, 0.717) is 5.75 Å². The summed E-state index contributed by atoms with van der Waals surface area (Å²) in [5, 5.41) is 9.69. The van der Waals surface area contributed by atoms with Crippen LogP contribution in [0.2, 0.25) is 0 Å². The number of phenolic OH excluding ortho intramolecular Hbond substituents is 1. The fourth-order valence-corrected chi connectivity index (χ4v) is 1.81. The van der Waals surface area contributed by atoms with Crippen LogP contribution in [-0.4, -0.2) is 5.11 Å². The second-order valence-corrected chi connectivity index (χ2v) is 3.70. The van der Waals surface area contributed by atoms with Crippen LogP contribution in [0.5, 0.6) is 5.75 Å². The van der Waals surface area contributed by atoms with Gasteiger partial charge in [-0.2, -0.15) is 0 Å². The number of benzene rings is 1. The van der Waals surface area contributed by atoms with Crippen molar-refractivity contribution in [3.63, 3.8) is 0 Å². The minimum Gasteiger partial charge on any atom is -0.507 e. The Labute approximate surface area is 81.6 Å². The Kier molecular flexibility index (Phi) is 3.15. The molecule has 2 heteroatoms. The topological polar surface area (TPSA) is 20.2 Å². The van der Waals surface area contributed by atoms with E-state index in [1.165, 1.54) is 0 Å². The summed E-state index contributed by atoms with van der Waals surface area (Å²) in [6, 6.07) is 3.93. The lowest BCUT2D eigenvalue weighted by atomic mass is 10.1. The van der Waals surface area contributed by atoms with Crippen LogP contribution in [0.3, 0.4) is 0 Å². The average Bonchev–Trinajstić information content (AvgIpc) is 2.08. The summed E-state index contributed by atoms with van der Waals surface area (Å²) >= 11 is 3.42. The number of rotatable bonds is 2. The molecular formula is C10H13BrO. The zero-order chi connectivity index (χ0) is 9.14. The number of aromatic hydroxyl groups is 1. The van der Waals surface area contributed by atoms with Crippen LogP contribution in [0.25, 0.3) is 0 Å². The maximum absolute atomic E-state index is 9.69. The zero-order valence-corrected chi connectivity index (χ0v) is 8.98. The van der Waals surface area contributed by atoms with Gasteiger partial charge in [-0.15, -0.1) is 0 Å². The van der Waals surface area contributed by atoms with Gasteiger partial charge in [0.1, 0.15) is 5.75 Å². The van der Waals surface area contributed by atoms with Gasteiger partial charge < -0.3 is 5.11 Å². The monoisotopic (exact) mass is 228 g/mol. The number of hydrogen-bond donors (Lipinski definition) is 1. The molecule has 0 bridgehead atoms. The Morgan fingerprint density at radius 3 is 1.92 bits per heavy atom. The van der Waals surface area contributed by atoms with Gasteiger partial charge in [0, 0.05) is 4.47 Å². The summed E-state index contributed by atoms with van der Waals surface area (Å²) in [7, 11) is 0. The van der Waals surface area contributed by atoms with Gasteiger partial charge in [0.25, 0.3) is 0 Å². The van der Waals surface area contributed by atoms with Gasteiger partial charge in [0.15, 0.2) is 0 Å². The Balaban J connectivity index is 3.22. The first kappa shape index (κ1) is 9.59. The first-order valence-corrected chi connectivity index (χ1v) is 4.98. The summed E-state index contributed by atoms with van der Waals surface area (Å²) in [4.78, 5) is 0. The van der Waals surface area contributed by atoms with Gasteiger partial charge in [-0.05, 0) is 36.1 Å². The Bertz CT molecular complexity index is 256. The molecule has 1 nitrogen and oxygen atoms in total. The van der Waals surface area contributed by atoms with Crippen molar-refractivity contribution in [1.82, 2.24) is 0 Å². The normalized spacial score (nSPS) is 10.2. The van der Waals surface area contributed by atoms with E-state index in [9.17, 15) is 5.11 Å². The molecule has 1 aromatic carbocycles. The highest BCUT2D eigenvalue weighted by Gasteiger charge is 2.05. The second kappa shape index (κ2) is 3.94. The van der Waals surface area contributed by atoms with Crippen LogP contribution in [0.15, 0.2) is 16.6 Å². The van der Waals surface area contributed by atoms with Crippen LogP contribution in [-0.2, 0) is 12.8 Å². The Morgan fingerprint density at radius 1 is 1.17 bits per heavy atom. The summed E-state index contributed by atoms with van der Waals surface area (Å²) in [6.45, 7) is 4.09. The highest BCUT2D eigenvalue weighted by molar-refractivity contribution is 9.10. The van der Waals surface area contributed by atoms with Crippen molar-refractivity contribution < 1.29 is 5.11 Å². The lowest BCUT2D eigenvalue weighted by molar-refractivity contribution is 0.462. The van der Waals surface area contributed by atoms with E-state index in [2.05, 4.69) is 15.9 Å².